The number of hydrogen-bond acceptors (Lipinski definition) is 2. The van der Waals surface area contributed by atoms with Gasteiger partial charge >= 0.3 is 0 Å². The lowest BCUT2D eigenvalue weighted by atomic mass is 10.1. The molecule has 0 radical (unpaired) electrons. The maximum atomic E-state index is 11.0. The van der Waals surface area contributed by atoms with Crippen LogP contribution in [-0.2, 0) is 0 Å². The summed E-state index contributed by atoms with van der Waals surface area (Å²) in [6.07, 6.45) is 3.52. The number of rotatable bonds is 1. The number of fused-ring (bicyclic) bond motifs is 1. The van der Waals surface area contributed by atoms with Gasteiger partial charge in [0.25, 0.3) is 0 Å². The first-order chi connectivity index (χ1) is 8.33. The van der Waals surface area contributed by atoms with Crippen LogP contribution in [0.3, 0.4) is 0 Å². The summed E-state index contributed by atoms with van der Waals surface area (Å²) in [5.74, 6) is 0. The molecule has 0 saturated carbocycles. The van der Waals surface area contributed by atoms with Gasteiger partial charge in [-0.1, -0.05) is 18.2 Å². The van der Waals surface area contributed by atoms with Crippen molar-refractivity contribution in [2.24, 2.45) is 0 Å². The van der Waals surface area contributed by atoms with Gasteiger partial charge in [-0.15, -0.1) is 0 Å². The first-order valence-corrected chi connectivity index (χ1v) is 5.37. The van der Waals surface area contributed by atoms with Gasteiger partial charge in [-0.05, 0) is 23.8 Å². The number of H-pyrrole nitrogens is 1. The van der Waals surface area contributed by atoms with Crippen molar-refractivity contribution in [2.75, 3.05) is 0 Å². The molecule has 0 aliphatic rings. The molecule has 3 heteroatoms. The SMILES string of the molecule is O=c1ccc(-c2cnc3ccccc3c2)c[nH]1. The van der Waals surface area contributed by atoms with Crippen LogP contribution in [0.15, 0.2) is 59.7 Å². The Labute approximate surface area is 97.8 Å². The minimum absolute atomic E-state index is 0.0949. The zero-order valence-corrected chi connectivity index (χ0v) is 9.05. The molecular weight excluding hydrogens is 212 g/mol. The number of nitrogens with zero attached hydrogens (tertiary/aromatic N) is 1. The van der Waals surface area contributed by atoms with Crippen LogP contribution in [0.25, 0.3) is 22.0 Å². The molecule has 2 aromatic heterocycles. The zero-order chi connectivity index (χ0) is 11.7. The number of benzene rings is 1. The Balaban J connectivity index is 2.17. The van der Waals surface area contributed by atoms with Crippen LogP contribution in [0, 0.1) is 0 Å². The van der Waals surface area contributed by atoms with E-state index in [4.69, 9.17) is 0 Å². The molecule has 3 nitrogen and oxygen atoms in total. The second-order valence-electron chi connectivity index (χ2n) is 3.86. The van der Waals surface area contributed by atoms with Crippen LogP contribution >= 0.6 is 0 Å². The average Bonchev–Trinajstić information content (AvgIpc) is 2.39. The van der Waals surface area contributed by atoms with Gasteiger partial charge < -0.3 is 4.98 Å². The normalized spacial score (nSPS) is 10.6. The molecule has 17 heavy (non-hydrogen) atoms. The lowest BCUT2D eigenvalue weighted by molar-refractivity contribution is 1.24. The third-order valence-electron chi connectivity index (χ3n) is 2.71. The first kappa shape index (κ1) is 9.78. The Bertz CT molecular complexity index is 711. The second kappa shape index (κ2) is 3.87. The van der Waals surface area contributed by atoms with E-state index in [1.807, 2.05) is 30.5 Å². The fraction of sp³-hybridized carbons (Fsp3) is 0. The number of aromatic nitrogens is 2. The smallest absolute Gasteiger partial charge is 0.247 e. The van der Waals surface area contributed by atoms with Gasteiger partial charge in [0, 0.05) is 29.4 Å². The van der Waals surface area contributed by atoms with Crippen molar-refractivity contribution in [2.45, 2.75) is 0 Å². The van der Waals surface area contributed by atoms with E-state index in [0.717, 1.165) is 22.0 Å². The molecule has 0 aliphatic heterocycles. The Hall–Kier alpha value is -2.42. The summed E-state index contributed by atoms with van der Waals surface area (Å²) in [4.78, 5) is 18.0. The standard InChI is InChI=1S/C14H10N2O/c17-14-6-5-11(8-16-14)12-7-10-3-1-2-4-13(10)15-9-12/h1-9H,(H,16,17). The monoisotopic (exact) mass is 222 g/mol. The van der Waals surface area contributed by atoms with Crippen molar-refractivity contribution in [3.05, 3.63) is 65.2 Å². The number of hydrogen-bond donors (Lipinski definition) is 1. The molecular formula is C14H10N2O. The molecule has 0 spiro atoms. The number of nitrogens with one attached hydrogen (secondary N) is 1. The summed E-state index contributed by atoms with van der Waals surface area (Å²) < 4.78 is 0. The van der Waals surface area contributed by atoms with E-state index in [1.165, 1.54) is 6.07 Å². The molecule has 0 bridgehead atoms. The third kappa shape index (κ3) is 1.83. The molecule has 3 aromatic rings. The summed E-state index contributed by atoms with van der Waals surface area (Å²) in [6.45, 7) is 0. The van der Waals surface area contributed by atoms with E-state index in [1.54, 1.807) is 12.3 Å². The molecule has 0 saturated heterocycles. The van der Waals surface area contributed by atoms with E-state index < -0.39 is 0 Å². The van der Waals surface area contributed by atoms with Gasteiger partial charge in [0.05, 0.1) is 5.52 Å². The maximum absolute atomic E-state index is 11.0. The van der Waals surface area contributed by atoms with Gasteiger partial charge in [0.15, 0.2) is 0 Å². The van der Waals surface area contributed by atoms with Crippen molar-refractivity contribution < 1.29 is 0 Å². The topological polar surface area (TPSA) is 45.8 Å². The second-order valence-corrected chi connectivity index (χ2v) is 3.86. The minimum Gasteiger partial charge on any atom is -0.328 e. The highest BCUT2D eigenvalue weighted by atomic mass is 16.1. The quantitative estimate of drug-likeness (QED) is 0.687. The van der Waals surface area contributed by atoms with E-state index in [9.17, 15) is 4.79 Å². The predicted molar refractivity (Wildman–Crippen MR) is 67.8 cm³/mol. The highest BCUT2D eigenvalue weighted by Gasteiger charge is 2.00. The van der Waals surface area contributed by atoms with Gasteiger partial charge in [-0.3, -0.25) is 9.78 Å². The van der Waals surface area contributed by atoms with Crippen LogP contribution in [-0.4, -0.2) is 9.97 Å². The third-order valence-corrected chi connectivity index (χ3v) is 2.71. The minimum atomic E-state index is -0.0949. The van der Waals surface area contributed by atoms with Crippen LogP contribution in [0.1, 0.15) is 0 Å². The van der Waals surface area contributed by atoms with E-state index in [2.05, 4.69) is 16.0 Å². The molecule has 1 aromatic carbocycles. The fourth-order valence-electron chi connectivity index (χ4n) is 1.82. The summed E-state index contributed by atoms with van der Waals surface area (Å²) in [5, 5.41) is 1.09. The molecule has 82 valence electrons. The molecule has 0 atom stereocenters. The van der Waals surface area contributed by atoms with Crippen molar-refractivity contribution in [1.82, 2.24) is 9.97 Å². The van der Waals surface area contributed by atoms with Gasteiger partial charge in [0.1, 0.15) is 0 Å². The molecule has 0 amide bonds. The van der Waals surface area contributed by atoms with E-state index in [-0.39, 0.29) is 5.56 Å². The first-order valence-electron chi connectivity index (χ1n) is 5.37. The fourth-order valence-corrected chi connectivity index (χ4v) is 1.82. The molecule has 3 rings (SSSR count). The molecule has 0 fully saturated rings. The zero-order valence-electron chi connectivity index (χ0n) is 9.05. The lowest BCUT2D eigenvalue weighted by Gasteiger charge is -2.02. The molecule has 2 heterocycles. The van der Waals surface area contributed by atoms with Crippen LogP contribution in [0.5, 0.6) is 0 Å². The molecule has 0 unspecified atom stereocenters. The molecule has 0 aliphatic carbocycles. The molecule has 1 N–H and O–H groups in total. The number of pyridine rings is 2. The maximum Gasteiger partial charge on any atom is 0.247 e. The predicted octanol–water partition coefficient (Wildman–Crippen LogP) is 2.59. The van der Waals surface area contributed by atoms with Crippen molar-refractivity contribution in [1.29, 1.82) is 0 Å². The van der Waals surface area contributed by atoms with Crippen LogP contribution < -0.4 is 5.56 Å². The highest BCUT2D eigenvalue weighted by molar-refractivity contribution is 5.83. The van der Waals surface area contributed by atoms with Gasteiger partial charge in [-0.2, -0.15) is 0 Å². The van der Waals surface area contributed by atoms with E-state index >= 15 is 0 Å². The highest BCUT2D eigenvalue weighted by Crippen LogP contribution is 2.20. The lowest BCUT2D eigenvalue weighted by Crippen LogP contribution is -2.01. The summed E-state index contributed by atoms with van der Waals surface area (Å²) in [6, 6.07) is 13.3. The average molecular weight is 222 g/mol. The van der Waals surface area contributed by atoms with Gasteiger partial charge in [0.2, 0.25) is 5.56 Å². The largest absolute Gasteiger partial charge is 0.328 e. The van der Waals surface area contributed by atoms with E-state index in [0.29, 0.717) is 0 Å². The summed E-state index contributed by atoms with van der Waals surface area (Å²) >= 11 is 0. The van der Waals surface area contributed by atoms with Crippen LogP contribution in [0.2, 0.25) is 0 Å². The number of para-hydroxylation sites is 1. The number of aromatic amines is 1. The van der Waals surface area contributed by atoms with Crippen molar-refractivity contribution in [3.63, 3.8) is 0 Å². The Morgan fingerprint density at radius 1 is 1.00 bits per heavy atom. The Kier molecular flexibility index (Phi) is 2.22. The Morgan fingerprint density at radius 2 is 1.88 bits per heavy atom. The summed E-state index contributed by atoms with van der Waals surface area (Å²) in [5.41, 5.74) is 2.84. The van der Waals surface area contributed by atoms with Gasteiger partial charge in [-0.25, -0.2) is 0 Å². The van der Waals surface area contributed by atoms with Crippen molar-refractivity contribution in [3.8, 4) is 11.1 Å². The summed E-state index contributed by atoms with van der Waals surface area (Å²) in [7, 11) is 0. The van der Waals surface area contributed by atoms with Crippen LogP contribution in [0.4, 0.5) is 0 Å². The van der Waals surface area contributed by atoms with Crippen molar-refractivity contribution >= 4 is 10.9 Å². The Morgan fingerprint density at radius 3 is 2.71 bits per heavy atom.